The predicted octanol–water partition coefficient (Wildman–Crippen LogP) is 7.79. The Morgan fingerprint density at radius 2 is 1.51 bits per heavy atom. The van der Waals surface area contributed by atoms with Gasteiger partial charge in [-0.1, -0.05) is 26.0 Å². The maximum absolute atomic E-state index is 13.6. The molecule has 0 heterocycles. The summed E-state index contributed by atoms with van der Waals surface area (Å²) in [5.41, 5.74) is -0.646. The van der Waals surface area contributed by atoms with E-state index in [9.17, 15) is 36.2 Å². The minimum atomic E-state index is -4.80. The lowest BCUT2D eigenvalue weighted by Gasteiger charge is -2.24. The van der Waals surface area contributed by atoms with E-state index in [0.29, 0.717) is 22.9 Å². The molecule has 0 amide bonds. The summed E-state index contributed by atoms with van der Waals surface area (Å²) in [5.74, 6) is -1.01. The molecule has 11 heteroatoms. The van der Waals surface area contributed by atoms with Crippen LogP contribution in [-0.2, 0) is 30.3 Å². The largest absolute Gasteiger partial charge is 0.496 e. The molecular formula is C28H27F6NO4. The molecule has 0 saturated carbocycles. The van der Waals surface area contributed by atoms with Gasteiger partial charge in [0.25, 0.3) is 0 Å². The summed E-state index contributed by atoms with van der Waals surface area (Å²) in [6, 6.07) is 11.0. The summed E-state index contributed by atoms with van der Waals surface area (Å²) in [6.45, 7) is 3.34. The molecule has 0 unspecified atom stereocenters. The van der Waals surface area contributed by atoms with Crippen LogP contribution in [0.25, 0.3) is 11.1 Å². The number of carboxylic acid groups (broad SMARTS) is 1. The summed E-state index contributed by atoms with van der Waals surface area (Å²) in [4.78, 5) is 16.7. The molecule has 1 N–H and O–H groups in total. The molecule has 0 aliphatic rings. The summed E-state index contributed by atoms with van der Waals surface area (Å²) in [5, 5.41) is 10.4. The van der Waals surface area contributed by atoms with Crippen molar-refractivity contribution in [1.82, 2.24) is 5.06 Å². The molecular weight excluding hydrogens is 528 g/mol. The van der Waals surface area contributed by atoms with Crippen LogP contribution in [0.2, 0.25) is 0 Å². The first kappa shape index (κ1) is 30.0. The minimum Gasteiger partial charge on any atom is -0.496 e. The van der Waals surface area contributed by atoms with E-state index in [-0.39, 0.29) is 30.1 Å². The quantitative estimate of drug-likeness (QED) is 0.216. The molecule has 0 aliphatic heterocycles. The zero-order valence-corrected chi connectivity index (χ0v) is 21.6. The van der Waals surface area contributed by atoms with Gasteiger partial charge in [0.15, 0.2) is 0 Å². The molecule has 3 rings (SSSR count). The van der Waals surface area contributed by atoms with Crippen molar-refractivity contribution in [2.45, 2.75) is 45.2 Å². The topological polar surface area (TPSA) is 59.0 Å². The van der Waals surface area contributed by atoms with Crippen LogP contribution in [0, 0.1) is 0 Å². The molecule has 3 aromatic carbocycles. The highest BCUT2D eigenvalue weighted by Gasteiger charge is 2.33. The number of alkyl halides is 6. The van der Waals surface area contributed by atoms with E-state index in [1.807, 2.05) is 26.0 Å². The standard InChI is InChI=1S/C28H27F6NO4/c1-16(2)18-5-8-25(38-3)24(13-18)23-7-6-21(27(29,30)31)12-20(23)15-35(39-4)14-17-9-19(26(36)37)11-22(10-17)28(32,33)34/h5-13,16H,14-15H2,1-4H3,(H,36,37). The molecule has 0 aromatic heterocycles. The van der Waals surface area contributed by atoms with E-state index in [1.165, 1.54) is 20.3 Å². The number of hydrogen-bond donors (Lipinski definition) is 1. The summed E-state index contributed by atoms with van der Waals surface area (Å²) in [7, 11) is 2.66. The van der Waals surface area contributed by atoms with Gasteiger partial charge < -0.3 is 14.7 Å². The van der Waals surface area contributed by atoms with Gasteiger partial charge in [-0.3, -0.25) is 0 Å². The van der Waals surface area contributed by atoms with E-state index >= 15 is 0 Å². The first-order valence-corrected chi connectivity index (χ1v) is 11.8. The molecule has 0 atom stereocenters. The zero-order chi connectivity index (χ0) is 29.1. The average molecular weight is 556 g/mol. The highest BCUT2D eigenvalue weighted by Crippen LogP contribution is 2.39. The van der Waals surface area contributed by atoms with Crippen molar-refractivity contribution in [1.29, 1.82) is 0 Å². The van der Waals surface area contributed by atoms with Crippen LogP contribution in [0.1, 0.15) is 57.9 Å². The molecule has 0 radical (unpaired) electrons. The number of carboxylic acids is 1. The van der Waals surface area contributed by atoms with Crippen LogP contribution in [0.15, 0.2) is 54.6 Å². The van der Waals surface area contributed by atoms with Crippen LogP contribution < -0.4 is 4.74 Å². The Hall–Kier alpha value is -3.57. The van der Waals surface area contributed by atoms with Crippen LogP contribution >= 0.6 is 0 Å². The normalized spacial score (nSPS) is 12.3. The third-order valence-electron chi connectivity index (χ3n) is 6.14. The first-order chi connectivity index (χ1) is 18.1. The second-order valence-electron chi connectivity index (χ2n) is 9.19. The zero-order valence-electron chi connectivity index (χ0n) is 21.6. The van der Waals surface area contributed by atoms with Crippen molar-refractivity contribution < 1.29 is 45.8 Å². The molecule has 210 valence electrons. The summed E-state index contributed by atoms with van der Waals surface area (Å²) < 4.78 is 86.5. The van der Waals surface area contributed by atoms with Crippen molar-refractivity contribution >= 4 is 5.97 Å². The van der Waals surface area contributed by atoms with E-state index in [2.05, 4.69) is 0 Å². The second kappa shape index (κ2) is 11.7. The van der Waals surface area contributed by atoms with Gasteiger partial charge in [-0.15, -0.1) is 0 Å². The number of methoxy groups -OCH3 is 1. The Morgan fingerprint density at radius 3 is 2.05 bits per heavy atom. The number of halogens is 6. The van der Waals surface area contributed by atoms with Gasteiger partial charge in [-0.25, -0.2) is 4.79 Å². The lowest BCUT2D eigenvalue weighted by molar-refractivity contribution is -0.148. The fourth-order valence-electron chi connectivity index (χ4n) is 4.11. The van der Waals surface area contributed by atoms with Crippen LogP contribution in [0.4, 0.5) is 26.3 Å². The third kappa shape index (κ3) is 7.30. The van der Waals surface area contributed by atoms with Gasteiger partial charge in [0.05, 0.1) is 37.5 Å². The van der Waals surface area contributed by atoms with Crippen LogP contribution in [-0.4, -0.2) is 30.4 Å². The maximum atomic E-state index is 13.6. The molecule has 0 bridgehead atoms. The van der Waals surface area contributed by atoms with Crippen molar-refractivity contribution in [3.63, 3.8) is 0 Å². The van der Waals surface area contributed by atoms with Crippen molar-refractivity contribution in [2.75, 3.05) is 14.2 Å². The van der Waals surface area contributed by atoms with Crippen LogP contribution in [0.3, 0.4) is 0 Å². The van der Waals surface area contributed by atoms with Gasteiger partial charge in [0.2, 0.25) is 0 Å². The molecule has 3 aromatic rings. The minimum absolute atomic E-state index is 0.0445. The van der Waals surface area contributed by atoms with E-state index in [4.69, 9.17) is 9.57 Å². The fraction of sp³-hybridized carbons (Fsp3) is 0.321. The number of hydrogen-bond acceptors (Lipinski definition) is 4. The molecule has 0 aliphatic carbocycles. The maximum Gasteiger partial charge on any atom is 0.416 e. The SMILES string of the molecule is COc1ccc(C(C)C)cc1-c1ccc(C(F)(F)F)cc1CN(Cc1cc(C(=O)O)cc(C(F)(F)F)c1)OC. The van der Waals surface area contributed by atoms with Gasteiger partial charge in [0, 0.05) is 12.1 Å². The molecule has 0 spiro atoms. The summed E-state index contributed by atoms with van der Waals surface area (Å²) >= 11 is 0. The molecule has 39 heavy (non-hydrogen) atoms. The Morgan fingerprint density at radius 1 is 0.846 bits per heavy atom. The number of rotatable bonds is 9. The Kier molecular flexibility index (Phi) is 8.97. The number of hydroxylamine groups is 2. The third-order valence-corrected chi connectivity index (χ3v) is 6.14. The second-order valence-corrected chi connectivity index (χ2v) is 9.19. The number of nitrogens with zero attached hydrogens (tertiary/aromatic N) is 1. The monoisotopic (exact) mass is 555 g/mol. The van der Waals surface area contributed by atoms with E-state index in [0.717, 1.165) is 34.9 Å². The number of ether oxygens (including phenoxy) is 1. The van der Waals surface area contributed by atoms with Crippen molar-refractivity contribution in [3.05, 3.63) is 88.0 Å². The van der Waals surface area contributed by atoms with E-state index < -0.39 is 35.0 Å². The number of aromatic carboxylic acids is 1. The molecule has 0 saturated heterocycles. The van der Waals surface area contributed by atoms with Gasteiger partial charge in [-0.2, -0.15) is 31.4 Å². The average Bonchev–Trinajstić information content (AvgIpc) is 2.86. The highest BCUT2D eigenvalue weighted by atomic mass is 19.4. The molecule has 5 nitrogen and oxygen atoms in total. The number of carbonyl (C=O) groups is 1. The van der Waals surface area contributed by atoms with Crippen molar-refractivity contribution in [2.24, 2.45) is 0 Å². The first-order valence-electron chi connectivity index (χ1n) is 11.8. The van der Waals surface area contributed by atoms with Crippen molar-refractivity contribution in [3.8, 4) is 16.9 Å². The fourth-order valence-corrected chi connectivity index (χ4v) is 4.11. The lowest BCUT2D eigenvalue weighted by Crippen LogP contribution is -2.23. The van der Waals surface area contributed by atoms with Gasteiger partial charge in [0.1, 0.15) is 5.75 Å². The van der Waals surface area contributed by atoms with Gasteiger partial charge >= 0.3 is 18.3 Å². The lowest BCUT2D eigenvalue weighted by atomic mass is 9.92. The Bertz CT molecular complexity index is 1330. The van der Waals surface area contributed by atoms with Crippen LogP contribution in [0.5, 0.6) is 5.75 Å². The van der Waals surface area contributed by atoms with E-state index in [1.54, 1.807) is 6.07 Å². The smallest absolute Gasteiger partial charge is 0.416 e. The molecule has 0 fully saturated rings. The highest BCUT2D eigenvalue weighted by molar-refractivity contribution is 5.88. The Labute approximate surface area is 221 Å². The number of benzene rings is 3. The summed E-state index contributed by atoms with van der Waals surface area (Å²) in [6.07, 6.45) is -9.45. The van der Waals surface area contributed by atoms with Gasteiger partial charge in [-0.05, 0) is 70.6 Å². The predicted molar refractivity (Wildman–Crippen MR) is 132 cm³/mol. The Balaban J connectivity index is 2.10.